The number of Topliss-reactive ketones (excluding diaryl/α,β-unsaturated/α-hetero) is 1. The quantitative estimate of drug-likeness (QED) is 0.171. The molecule has 4 aromatic carbocycles. The van der Waals surface area contributed by atoms with E-state index in [0.29, 0.717) is 99.1 Å². The molecule has 17 heteroatoms. The molecular weight excluding hydrogens is 857 g/mol. The van der Waals surface area contributed by atoms with Crippen LogP contribution in [-0.4, -0.2) is 119 Å². The van der Waals surface area contributed by atoms with Gasteiger partial charge in [0.15, 0.2) is 0 Å². The molecule has 0 spiro atoms. The Morgan fingerprint density at radius 1 is 0.582 bits per heavy atom. The zero-order valence-electron chi connectivity index (χ0n) is 36.7. The monoisotopic (exact) mass is 911 g/mol. The number of nitrogens with zero attached hydrogens (tertiary/aromatic N) is 5. The van der Waals surface area contributed by atoms with Gasteiger partial charge >= 0.3 is 0 Å². The van der Waals surface area contributed by atoms with Crippen LogP contribution in [0.3, 0.4) is 0 Å². The SMILES string of the molecule is C.CC(=O)C1CC1.O=C(c1cc(Cc2n[nH]c(=O)c3ccccc23)ccc1F)N1CCN(C(=O)C2CC2)CC1.O=C(c1cc(Cc2n[nH]c(=O)c3ccccc23)ccc1F)N1CCNCC1.[B]. The van der Waals surface area contributed by atoms with Gasteiger partial charge in [0.05, 0.1) is 33.3 Å². The molecule has 3 amide bonds. The summed E-state index contributed by atoms with van der Waals surface area (Å²) in [4.78, 5) is 77.1. The van der Waals surface area contributed by atoms with Crippen LogP contribution in [0.25, 0.3) is 21.5 Å². The lowest BCUT2D eigenvalue weighted by molar-refractivity contribution is -0.134. The maximum absolute atomic E-state index is 14.6. The van der Waals surface area contributed by atoms with Gasteiger partial charge in [0.2, 0.25) is 5.91 Å². The number of amides is 3. The fourth-order valence-electron chi connectivity index (χ4n) is 8.11. The maximum Gasteiger partial charge on any atom is 0.272 e. The number of H-pyrrole nitrogens is 2. The second-order valence-electron chi connectivity index (χ2n) is 16.9. The molecule has 0 unspecified atom stereocenters. The molecule has 2 aliphatic heterocycles. The van der Waals surface area contributed by atoms with Crippen LogP contribution in [0, 0.1) is 23.5 Å². The number of carbonyl (C=O) groups is 4. The minimum atomic E-state index is -0.575. The Balaban J connectivity index is 0.000000193. The number of hydrogen-bond acceptors (Lipinski definition) is 9. The van der Waals surface area contributed by atoms with E-state index in [4.69, 9.17) is 0 Å². The number of ketones is 1. The molecule has 2 saturated carbocycles. The van der Waals surface area contributed by atoms with Crippen LogP contribution >= 0.6 is 0 Å². The highest BCUT2D eigenvalue weighted by atomic mass is 19.1. The first-order valence-corrected chi connectivity index (χ1v) is 22.0. The molecule has 347 valence electrons. The first kappa shape index (κ1) is 49.6. The summed E-state index contributed by atoms with van der Waals surface area (Å²) >= 11 is 0. The first-order chi connectivity index (χ1) is 31.4. The lowest BCUT2D eigenvalue weighted by atomic mass is 10.0. The Morgan fingerprint density at radius 2 is 0.985 bits per heavy atom. The van der Waals surface area contributed by atoms with E-state index >= 15 is 0 Å². The third kappa shape index (κ3) is 11.9. The van der Waals surface area contributed by atoms with Crippen molar-refractivity contribution in [2.45, 2.75) is 52.9 Å². The van der Waals surface area contributed by atoms with Gasteiger partial charge in [0.1, 0.15) is 17.4 Å². The summed E-state index contributed by atoms with van der Waals surface area (Å²) in [5, 5.41) is 19.1. The van der Waals surface area contributed by atoms with E-state index in [1.807, 2.05) is 24.3 Å². The van der Waals surface area contributed by atoms with Crippen LogP contribution in [0.4, 0.5) is 8.78 Å². The van der Waals surface area contributed by atoms with Crippen molar-refractivity contribution in [2.75, 3.05) is 52.4 Å². The van der Waals surface area contributed by atoms with Crippen molar-refractivity contribution in [3.8, 4) is 0 Å². The van der Waals surface area contributed by atoms with Gasteiger partial charge in [-0.15, -0.1) is 0 Å². The topological polar surface area (TPSA) is 182 Å². The molecule has 3 radical (unpaired) electrons. The van der Waals surface area contributed by atoms with E-state index in [1.165, 1.54) is 12.1 Å². The molecule has 0 bridgehead atoms. The van der Waals surface area contributed by atoms with Crippen LogP contribution in [0.1, 0.15) is 83.3 Å². The van der Waals surface area contributed by atoms with Crippen LogP contribution < -0.4 is 16.4 Å². The molecule has 2 aliphatic carbocycles. The standard InChI is InChI=1S/C24H23FN4O3.C20H19FN4O2.C5H8O.CH4.B/c25-20-8-5-15(14-21-17-3-1-2-4-18(17)22(30)27-26-21)13-19(20)24(32)29-11-9-28(10-12-29)23(31)16-6-7-16;21-17-6-5-13(11-16(17)20(27)25-9-7-22-8-10-25)12-18-14-3-1-2-4-15(14)19(26)24-23-18;1-4(6)5-2-3-5;;/h1-5,8,13,16H,6-7,9-12,14H2,(H,27,30);1-6,11,22H,7-10,12H2,(H,24,26);5H,2-3H2,1H3;1H4;. The number of benzene rings is 4. The number of rotatable bonds is 8. The van der Waals surface area contributed by atoms with E-state index in [-0.39, 0.29) is 61.7 Å². The minimum absolute atomic E-state index is 0. The van der Waals surface area contributed by atoms with Crippen molar-refractivity contribution in [3.05, 3.63) is 151 Å². The molecule has 2 aromatic heterocycles. The molecule has 4 aliphatic rings. The van der Waals surface area contributed by atoms with E-state index in [9.17, 15) is 37.5 Å². The van der Waals surface area contributed by atoms with Crippen molar-refractivity contribution >= 4 is 53.5 Å². The number of halogens is 2. The zero-order valence-corrected chi connectivity index (χ0v) is 36.7. The fraction of sp³-hybridized carbons (Fsp3) is 0.360. The number of hydrogen-bond donors (Lipinski definition) is 3. The molecule has 67 heavy (non-hydrogen) atoms. The number of aromatic amines is 2. The van der Waals surface area contributed by atoms with Crippen LogP contribution in [0.2, 0.25) is 0 Å². The average molecular weight is 912 g/mol. The van der Waals surface area contributed by atoms with Crippen LogP contribution in [-0.2, 0) is 22.4 Å². The number of piperazine rings is 2. The predicted molar refractivity (Wildman–Crippen MR) is 253 cm³/mol. The summed E-state index contributed by atoms with van der Waals surface area (Å²) in [7, 11) is 0. The predicted octanol–water partition coefficient (Wildman–Crippen LogP) is 5.29. The Hall–Kier alpha value is -6.88. The summed E-state index contributed by atoms with van der Waals surface area (Å²) < 4.78 is 28.9. The third-order valence-corrected chi connectivity index (χ3v) is 12.2. The largest absolute Gasteiger partial charge is 0.339 e. The van der Waals surface area contributed by atoms with E-state index in [0.717, 1.165) is 47.6 Å². The van der Waals surface area contributed by atoms with Crippen molar-refractivity contribution in [3.63, 3.8) is 0 Å². The van der Waals surface area contributed by atoms with Gasteiger partial charge in [0, 0.05) is 96.2 Å². The van der Waals surface area contributed by atoms with Gasteiger partial charge in [-0.25, -0.2) is 19.0 Å². The van der Waals surface area contributed by atoms with Gasteiger partial charge in [-0.2, -0.15) is 10.2 Å². The Bertz CT molecular complexity index is 2890. The molecule has 3 N–H and O–H groups in total. The molecular formula is C50H54BF2N8O6. The first-order valence-electron chi connectivity index (χ1n) is 22.0. The second-order valence-corrected chi connectivity index (χ2v) is 16.9. The molecule has 2 saturated heterocycles. The highest BCUT2D eigenvalue weighted by Gasteiger charge is 2.35. The summed E-state index contributed by atoms with van der Waals surface area (Å²) in [5.74, 6) is -0.608. The molecule has 4 fully saturated rings. The Kier molecular flexibility index (Phi) is 16.3. The van der Waals surface area contributed by atoms with E-state index in [2.05, 4.69) is 25.7 Å². The van der Waals surface area contributed by atoms with Crippen molar-refractivity contribution in [1.29, 1.82) is 0 Å². The lowest BCUT2D eigenvalue weighted by Crippen LogP contribution is -2.51. The summed E-state index contributed by atoms with van der Waals surface area (Å²) in [6.45, 7) is 5.97. The molecule has 6 aromatic rings. The van der Waals surface area contributed by atoms with Crippen LogP contribution in [0.15, 0.2) is 94.5 Å². The van der Waals surface area contributed by atoms with Gasteiger partial charge in [-0.3, -0.25) is 28.8 Å². The fourth-order valence-corrected chi connectivity index (χ4v) is 8.11. The lowest BCUT2D eigenvalue weighted by Gasteiger charge is -2.35. The van der Waals surface area contributed by atoms with Crippen LogP contribution in [0.5, 0.6) is 0 Å². The number of carbonyl (C=O) groups excluding carboxylic acids is 4. The second kappa shape index (κ2) is 22.1. The third-order valence-electron chi connectivity index (χ3n) is 12.2. The molecule has 4 heterocycles. The summed E-state index contributed by atoms with van der Waals surface area (Å²) in [6.07, 6.45) is 4.94. The smallest absolute Gasteiger partial charge is 0.272 e. The van der Waals surface area contributed by atoms with Crippen molar-refractivity contribution < 1.29 is 28.0 Å². The molecule has 10 rings (SSSR count). The summed E-state index contributed by atoms with van der Waals surface area (Å²) in [6, 6.07) is 23.4. The zero-order chi connectivity index (χ0) is 45.6. The number of fused-ring (bicyclic) bond motifs is 2. The van der Waals surface area contributed by atoms with E-state index < -0.39 is 11.6 Å². The highest BCUT2D eigenvalue weighted by Crippen LogP contribution is 2.32. The van der Waals surface area contributed by atoms with Gasteiger partial charge in [-0.1, -0.05) is 56.0 Å². The average Bonchev–Trinajstić information content (AvgIpc) is 4.27. The Morgan fingerprint density at radius 3 is 1.39 bits per heavy atom. The summed E-state index contributed by atoms with van der Waals surface area (Å²) in [5.41, 5.74) is 2.39. The van der Waals surface area contributed by atoms with E-state index in [1.54, 1.807) is 70.2 Å². The highest BCUT2D eigenvalue weighted by molar-refractivity contribution is 5.96. The van der Waals surface area contributed by atoms with Crippen molar-refractivity contribution in [1.82, 2.24) is 40.4 Å². The molecule has 14 nitrogen and oxygen atoms in total. The minimum Gasteiger partial charge on any atom is -0.339 e. The van der Waals surface area contributed by atoms with Gasteiger partial charge < -0.3 is 20.0 Å². The number of aromatic nitrogens is 4. The van der Waals surface area contributed by atoms with Gasteiger partial charge in [0.25, 0.3) is 22.9 Å². The normalized spacial score (nSPS) is 15.5. The maximum atomic E-state index is 14.6. The van der Waals surface area contributed by atoms with Crippen molar-refractivity contribution in [2.24, 2.45) is 11.8 Å². The number of nitrogens with one attached hydrogen (secondary N) is 3. The molecule has 0 atom stereocenters. The van der Waals surface area contributed by atoms with Gasteiger partial charge in [-0.05, 0) is 80.1 Å². The Labute approximate surface area is 388 Å².